The van der Waals surface area contributed by atoms with Crippen LogP contribution < -0.4 is 15.7 Å². The number of carbonyl (C=O) groups excluding carboxylic acids is 1. The van der Waals surface area contributed by atoms with Gasteiger partial charge in [0.15, 0.2) is 0 Å². The number of nitrogens with zero attached hydrogens (tertiary/aromatic N) is 4. The molecule has 13 nitrogen and oxygen atoms in total. The summed E-state index contributed by atoms with van der Waals surface area (Å²) in [5.41, 5.74) is 1.24. The molecule has 2 unspecified atom stereocenters. The molecule has 1 aromatic heterocycles. The lowest BCUT2D eigenvalue weighted by atomic mass is 9.80. The smallest absolute Gasteiger partial charge is 0.351 e. The third kappa shape index (κ3) is 9.34. The van der Waals surface area contributed by atoms with Crippen LogP contribution in [0.25, 0.3) is 0 Å². The van der Waals surface area contributed by atoms with Gasteiger partial charge in [0.25, 0.3) is 8.53 Å². The number of rotatable bonds is 17. The van der Waals surface area contributed by atoms with E-state index in [0.717, 1.165) is 22.4 Å². The molecule has 14 heteroatoms. The predicted molar refractivity (Wildman–Crippen MR) is 204 cm³/mol. The summed E-state index contributed by atoms with van der Waals surface area (Å²) in [5.74, 6) is 0.541. The molecule has 1 saturated heterocycles. The van der Waals surface area contributed by atoms with Gasteiger partial charge < -0.3 is 38.4 Å². The number of amides is 1. The Labute approximate surface area is 316 Å². The molecular weight excluding hydrogens is 709 g/mol. The van der Waals surface area contributed by atoms with Crippen molar-refractivity contribution >= 4 is 20.3 Å². The number of nitrogens with one attached hydrogen (secondary N) is 1. The van der Waals surface area contributed by atoms with Crippen LogP contribution in [0.4, 0.5) is 5.82 Å². The number of methoxy groups -OCH3 is 1. The summed E-state index contributed by atoms with van der Waals surface area (Å²) >= 11 is 0. The zero-order valence-electron chi connectivity index (χ0n) is 31.0. The molecular formula is C40H46N5O8P. The van der Waals surface area contributed by atoms with Crippen LogP contribution in [0.5, 0.6) is 11.5 Å². The third-order valence-corrected chi connectivity index (χ3v) is 10.7. The maximum Gasteiger partial charge on any atom is 0.351 e. The molecule has 0 radical (unpaired) electrons. The number of aromatic hydroxyl groups is 1. The first-order valence-corrected chi connectivity index (χ1v) is 18.7. The number of hydrogen-bond donors (Lipinski definition) is 2. The van der Waals surface area contributed by atoms with Gasteiger partial charge in [-0.25, -0.2) is 4.79 Å². The van der Waals surface area contributed by atoms with E-state index in [9.17, 15) is 20.0 Å². The first-order valence-electron chi connectivity index (χ1n) is 17.5. The first-order chi connectivity index (χ1) is 26.0. The molecule has 0 bridgehead atoms. The molecule has 5 rings (SSSR count). The van der Waals surface area contributed by atoms with Crippen molar-refractivity contribution < 1.29 is 33.2 Å². The van der Waals surface area contributed by atoms with E-state index in [2.05, 4.69) is 22.9 Å². The SMILES string of the molecule is C=C(C)N(C(C)C)P(OCCC#N)O[C@@H]1C[C@H](n2ccc(NC(C)=O)nc2=O)O[C@@H]1COC(c1ccccc1)(c1ccc(O)cc1)c1ccc(OC)cc1. The highest BCUT2D eigenvalue weighted by Crippen LogP contribution is 2.51. The van der Waals surface area contributed by atoms with Crippen molar-refractivity contribution in [2.24, 2.45) is 0 Å². The van der Waals surface area contributed by atoms with Crippen molar-refractivity contribution in [2.75, 3.05) is 25.6 Å². The third-order valence-electron chi connectivity index (χ3n) is 8.74. The highest BCUT2D eigenvalue weighted by Gasteiger charge is 2.45. The van der Waals surface area contributed by atoms with Gasteiger partial charge in [0.05, 0.1) is 38.9 Å². The average molecular weight is 756 g/mol. The number of allylic oxidation sites excluding steroid dienone is 1. The van der Waals surface area contributed by atoms with Crippen molar-refractivity contribution in [3.63, 3.8) is 0 Å². The van der Waals surface area contributed by atoms with Gasteiger partial charge in [0, 0.05) is 31.3 Å². The molecule has 1 aliphatic heterocycles. The molecule has 4 aromatic rings. The average Bonchev–Trinajstić information content (AvgIpc) is 3.54. The minimum atomic E-state index is -1.79. The second kappa shape index (κ2) is 18.3. The van der Waals surface area contributed by atoms with E-state index in [1.807, 2.05) is 92.2 Å². The zero-order valence-corrected chi connectivity index (χ0v) is 31.9. The van der Waals surface area contributed by atoms with E-state index < -0.39 is 38.3 Å². The van der Waals surface area contributed by atoms with E-state index in [1.165, 1.54) is 23.8 Å². The summed E-state index contributed by atoms with van der Waals surface area (Å²) < 4.78 is 35.6. The molecule has 0 aliphatic carbocycles. The van der Waals surface area contributed by atoms with Crippen LogP contribution in [-0.4, -0.2) is 63.8 Å². The number of hydrogen-bond acceptors (Lipinski definition) is 11. The number of carbonyl (C=O) groups is 1. The largest absolute Gasteiger partial charge is 0.508 e. The monoisotopic (exact) mass is 755 g/mol. The van der Waals surface area contributed by atoms with Crippen LogP contribution in [0.1, 0.15) is 63.5 Å². The topological polar surface area (TPSA) is 157 Å². The second-order valence-electron chi connectivity index (χ2n) is 13.0. The van der Waals surface area contributed by atoms with Gasteiger partial charge in [-0.2, -0.15) is 10.2 Å². The maximum atomic E-state index is 13.3. The Morgan fingerprint density at radius 1 is 1.09 bits per heavy atom. The summed E-state index contributed by atoms with van der Waals surface area (Å²) in [5, 5.41) is 22.1. The van der Waals surface area contributed by atoms with Crippen LogP contribution in [0.2, 0.25) is 0 Å². The lowest BCUT2D eigenvalue weighted by molar-refractivity contribution is -0.114. The second-order valence-corrected chi connectivity index (χ2v) is 14.4. The first kappa shape index (κ1) is 40.1. The Kier molecular flexibility index (Phi) is 13.6. The Morgan fingerprint density at radius 3 is 2.31 bits per heavy atom. The fraction of sp³-hybridized carbons (Fsp3) is 0.350. The minimum Gasteiger partial charge on any atom is -0.508 e. The molecule has 284 valence electrons. The fourth-order valence-electron chi connectivity index (χ4n) is 6.36. The van der Waals surface area contributed by atoms with Gasteiger partial charge in [0.2, 0.25) is 5.91 Å². The molecule has 1 amide bonds. The van der Waals surface area contributed by atoms with E-state index in [0.29, 0.717) is 5.75 Å². The van der Waals surface area contributed by atoms with Gasteiger partial charge in [-0.05, 0) is 67.8 Å². The Balaban J connectivity index is 1.58. The number of benzene rings is 3. The highest BCUT2D eigenvalue weighted by molar-refractivity contribution is 7.44. The van der Waals surface area contributed by atoms with Crippen molar-refractivity contribution in [3.8, 4) is 17.6 Å². The predicted octanol–water partition coefficient (Wildman–Crippen LogP) is 7.00. The fourth-order valence-corrected chi connectivity index (χ4v) is 8.01. The molecule has 2 heterocycles. The van der Waals surface area contributed by atoms with Gasteiger partial charge in [-0.3, -0.25) is 9.36 Å². The molecule has 3 aromatic carbocycles. The molecule has 1 aliphatic rings. The highest BCUT2D eigenvalue weighted by atomic mass is 31.2. The molecule has 1 fully saturated rings. The van der Waals surface area contributed by atoms with Crippen molar-refractivity contribution in [3.05, 3.63) is 131 Å². The molecule has 2 N–H and O–H groups in total. The summed E-state index contributed by atoms with van der Waals surface area (Å²) in [7, 11) is -0.185. The molecule has 0 spiro atoms. The van der Waals surface area contributed by atoms with Gasteiger partial charge >= 0.3 is 5.69 Å². The van der Waals surface area contributed by atoms with Crippen molar-refractivity contribution in [1.29, 1.82) is 5.26 Å². The van der Waals surface area contributed by atoms with Crippen LogP contribution in [0, 0.1) is 11.3 Å². The van der Waals surface area contributed by atoms with Gasteiger partial charge in [-0.1, -0.05) is 61.2 Å². The zero-order chi connectivity index (χ0) is 38.8. The van der Waals surface area contributed by atoms with Crippen LogP contribution in [0.15, 0.2) is 108 Å². The number of phenolic OH excluding ortho intramolecular Hbond substituents is 1. The summed E-state index contributed by atoms with van der Waals surface area (Å²) in [6, 6.07) is 27.8. The van der Waals surface area contributed by atoms with Gasteiger partial charge in [-0.15, -0.1) is 0 Å². The van der Waals surface area contributed by atoms with Gasteiger partial charge in [0.1, 0.15) is 35.2 Å². The Morgan fingerprint density at radius 2 is 1.74 bits per heavy atom. The Hall–Kier alpha value is -5.09. The Bertz CT molecular complexity index is 1970. The van der Waals surface area contributed by atoms with Crippen LogP contribution in [0.3, 0.4) is 0 Å². The molecule has 54 heavy (non-hydrogen) atoms. The van der Waals surface area contributed by atoms with E-state index in [4.69, 9.17) is 23.3 Å². The number of nitriles is 1. The summed E-state index contributed by atoms with van der Waals surface area (Å²) in [6.45, 7) is 11.5. The molecule has 5 atom stereocenters. The number of ether oxygens (including phenoxy) is 3. The van der Waals surface area contributed by atoms with Crippen molar-refractivity contribution in [1.82, 2.24) is 14.2 Å². The minimum absolute atomic E-state index is 0.0226. The standard InChI is InChI=1S/C40H46N5O8P/c1-27(2)45(28(3)4)54(51-24-10-22-41)53-35-25-38(44-23-21-37(42-29(5)46)43-39(44)48)52-36(35)26-50-40(30-11-8-7-9-12-30,31-13-17-33(47)18-14-31)32-15-19-34(49-6)20-16-32/h7-9,11-21,23,28,35-36,38,47H,1,10,24-26H2,2-6H3,(H,42,43,46,48)/t35-,36-,38-,40?,54?/m1/s1. The van der Waals surface area contributed by atoms with Crippen LogP contribution >= 0.6 is 8.53 Å². The lowest BCUT2D eigenvalue weighted by Crippen LogP contribution is -2.39. The maximum absolute atomic E-state index is 13.3. The van der Waals surface area contributed by atoms with E-state index in [1.54, 1.807) is 19.2 Å². The lowest BCUT2D eigenvalue weighted by Gasteiger charge is -2.38. The van der Waals surface area contributed by atoms with Crippen molar-refractivity contribution in [2.45, 2.75) is 70.6 Å². The summed E-state index contributed by atoms with van der Waals surface area (Å²) in [4.78, 5) is 29.0. The normalized spacial score (nSPS) is 18.4. The quantitative estimate of drug-likeness (QED) is 0.0650. The number of anilines is 1. The number of aromatic nitrogens is 2. The van der Waals surface area contributed by atoms with E-state index >= 15 is 0 Å². The molecule has 0 saturated carbocycles. The number of phenols is 1. The summed E-state index contributed by atoms with van der Waals surface area (Å²) in [6.07, 6.45) is -0.333. The van der Waals surface area contributed by atoms with Crippen LogP contribution in [-0.2, 0) is 28.9 Å². The van der Waals surface area contributed by atoms with E-state index in [-0.39, 0.29) is 49.6 Å².